The van der Waals surface area contributed by atoms with E-state index in [1.807, 2.05) is 0 Å². The highest BCUT2D eigenvalue weighted by Gasteiger charge is 2.25. The zero-order valence-corrected chi connectivity index (χ0v) is 19.0. The van der Waals surface area contributed by atoms with Crippen molar-refractivity contribution < 1.29 is 31.5 Å². The van der Waals surface area contributed by atoms with Gasteiger partial charge in [-0.2, -0.15) is 4.31 Å². The molecule has 1 atom stereocenters. The fraction of sp³-hybridized carbons (Fsp3) is 0.391. The van der Waals surface area contributed by atoms with Gasteiger partial charge in [0.25, 0.3) is 5.91 Å². The van der Waals surface area contributed by atoms with Crippen molar-refractivity contribution in [2.45, 2.75) is 43.5 Å². The smallest absolute Gasteiger partial charge is 0.338 e. The Hall–Kier alpha value is -2.85. The minimum absolute atomic E-state index is 0.0915. The van der Waals surface area contributed by atoms with Gasteiger partial charge >= 0.3 is 5.97 Å². The quantitative estimate of drug-likeness (QED) is 0.612. The predicted molar refractivity (Wildman–Crippen MR) is 117 cm³/mol. The molecule has 33 heavy (non-hydrogen) atoms. The molecule has 1 amide bonds. The van der Waals surface area contributed by atoms with E-state index in [9.17, 15) is 26.8 Å². The maximum absolute atomic E-state index is 13.8. The van der Waals surface area contributed by atoms with Gasteiger partial charge in [0, 0.05) is 24.7 Å². The molecule has 0 aromatic heterocycles. The van der Waals surface area contributed by atoms with Crippen LogP contribution in [0, 0.1) is 11.6 Å². The Balaban J connectivity index is 1.55. The van der Waals surface area contributed by atoms with Crippen LogP contribution in [-0.2, 0) is 19.6 Å². The highest BCUT2D eigenvalue weighted by Crippen LogP contribution is 2.21. The molecule has 0 aliphatic carbocycles. The van der Waals surface area contributed by atoms with Crippen LogP contribution in [0.5, 0.6) is 0 Å². The van der Waals surface area contributed by atoms with Crippen LogP contribution in [0.2, 0.25) is 0 Å². The second-order valence-corrected chi connectivity index (χ2v) is 9.81. The first-order valence-electron chi connectivity index (χ1n) is 10.7. The van der Waals surface area contributed by atoms with Crippen LogP contribution >= 0.6 is 0 Å². The maximum Gasteiger partial charge on any atom is 0.338 e. The fourth-order valence-electron chi connectivity index (χ4n) is 3.62. The number of hydrogen-bond donors (Lipinski definition) is 1. The van der Waals surface area contributed by atoms with E-state index in [-0.39, 0.29) is 16.0 Å². The first-order valence-corrected chi connectivity index (χ1v) is 12.1. The van der Waals surface area contributed by atoms with Gasteiger partial charge in [0.05, 0.1) is 16.5 Å². The monoisotopic (exact) mass is 480 g/mol. The van der Waals surface area contributed by atoms with E-state index in [0.717, 1.165) is 31.7 Å². The Morgan fingerprint density at radius 1 is 1.03 bits per heavy atom. The molecule has 2 aromatic carbocycles. The van der Waals surface area contributed by atoms with Gasteiger partial charge in [0.2, 0.25) is 10.0 Å². The zero-order valence-electron chi connectivity index (χ0n) is 18.2. The molecule has 1 aliphatic heterocycles. The number of nitrogens with zero attached hydrogens (tertiary/aromatic N) is 1. The Morgan fingerprint density at radius 3 is 2.27 bits per heavy atom. The van der Waals surface area contributed by atoms with Crippen LogP contribution in [0.4, 0.5) is 8.78 Å². The van der Waals surface area contributed by atoms with Crippen LogP contribution in [0.3, 0.4) is 0 Å². The normalized spacial score (nSPS) is 16.0. The third-order valence-corrected chi connectivity index (χ3v) is 7.35. The zero-order chi connectivity index (χ0) is 24.0. The molecule has 178 valence electrons. The number of carbonyl (C=O) groups excluding carboxylic acids is 2. The summed E-state index contributed by atoms with van der Waals surface area (Å²) in [4.78, 5) is 24.4. The van der Waals surface area contributed by atoms with E-state index < -0.39 is 46.2 Å². The lowest BCUT2D eigenvalue weighted by Gasteiger charge is -2.20. The van der Waals surface area contributed by atoms with Gasteiger partial charge < -0.3 is 10.1 Å². The molecule has 1 N–H and O–H groups in total. The average Bonchev–Trinajstić information content (AvgIpc) is 3.07. The number of hydrogen-bond acceptors (Lipinski definition) is 5. The highest BCUT2D eigenvalue weighted by molar-refractivity contribution is 7.89. The molecule has 3 rings (SSSR count). The Labute approximate surface area is 191 Å². The number of ether oxygens (including phenoxy) is 1. The second-order valence-electron chi connectivity index (χ2n) is 7.87. The van der Waals surface area contributed by atoms with Crippen molar-refractivity contribution in [2.24, 2.45) is 0 Å². The number of rotatable bonds is 7. The topological polar surface area (TPSA) is 92.8 Å². The Kier molecular flexibility index (Phi) is 8.15. The van der Waals surface area contributed by atoms with Gasteiger partial charge in [-0.15, -0.1) is 0 Å². The predicted octanol–water partition coefficient (Wildman–Crippen LogP) is 3.56. The lowest BCUT2D eigenvalue weighted by molar-refractivity contribution is -0.124. The third kappa shape index (κ3) is 6.35. The molecule has 10 heteroatoms. The molecule has 0 spiro atoms. The molecule has 0 bridgehead atoms. The Bertz CT molecular complexity index is 1100. The first kappa shape index (κ1) is 24.8. The number of amides is 1. The summed E-state index contributed by atoms with van der Waals surface area (Å²) in [6.45, 7) is 1.85. The number of esters is 1. The van der Waals surface area contributed by atoms with Gasteiger partial charge in [-0.05, 0) is 50.1 Å². The van der Waals surface area contributed by atoms with Crippen LogP contribution in [0.25, 0.3) is 0 Å². The van der Waals surface area contributed by atoms with Gasteiger partial charge in [-0.25, -0.2) is 22.0 Å². The van der Waals surface area contributed by atoms with E-state index in [1.54, 1.807) is 0 Å². The number of benzene rings is 2. The number of sulfonamides is 1. The molecule has 1 saturated heterocycles. The van der Waals surface area contributed by atoms with Crippen molar-refractivity contribution >= 4 is 21.9 Å². The minimum atomic E-state index is -3.64. The standard InChI is InChI=1S/C23H26F2N2O5S/c1-16(20-11-8-18(24)14-21(20)25)26-22(28)15-32-23(29)17-6-9-19(10-7-17)33(30,31)27-12-4-2-3-5-13-27/h6-11,14,16H,2-5,12-13,15H2,1H3,(H,26,28). The van der Waals surface area contributed by atoms with E-state index in [2.05, 4.69) is 5.32 Å². The SMILES string of the molecule is CC(NC(=O)COC(=O)c1ccc(S(=O)(=O)N2CCCCCC2)cc1)c1ccc(F)cc1F. The molecule has 1 fully saturated rings. The summed E-state index contributed by atoms with van der Waals surface area (Å²) in [5, 5.41) is 2.47. The van der Waals surface area contributed by atoms with Crippen LogP contribution in [0.1, 0.15) is 54.6 Å². The fourth-order valence-corrected chi connectivity index (χ4v) is 5.14. The molecule has 1 unspecified atom stereocenters. The maximum atomic E-state index is 13.8. The average molecular weight is 481 g/mol. The largest absolute Gasteiger partial charge is 0.452 e. The molecular formula is C23H26F2N2O5S. The number of nitrogens with one attached hydrogen (secondary N) is 1. The van der Waals surface area contributed by atoms with Crippen LogP contribution in [-0.4, -0.2) is 44.3 Å². The van der Waals surface area contributed by atoms with Crippen molar-refractivity contribution in [3.63, 3.8) is 0 Å². The number of carbonyl (C=O) groups is 2. The number of halogens is 2. The third-order valence-electron chi connectivity index (χ3n) is 5.43. The van der Waals surface area contributed by atoms with Crippen molar-refractivity contribution in [2.75, 3.05) is 19.7 Å². The van der Waals surface area contributed by atoms with Crippen molar-refractivity contribution in [1.29, 1.82) is 0 Å². The summed E-state index contributed by atoms with van der Waals surface area (Å²) in [7, 11) is -3.64. The van der Waals surface area contributed by atoms with Crippen molar-refractivity contribution in [1.82, 2.24) is 9.62 Å². The minimum Gasteiger partial charge on any atom is -0.452 e. The molecule has 1 heterocycles. The van der Waals surface area contributed by atoms with E-state index in [1.165, 1.54) is 41.6 Å². The Morgan fingerprint density at radius 2 is 1.67 bits per heavy atom. The van der Waals surface area contributed by atoms with E-state index in [0.29, 0.717) is 19.2 Å². The lowest BCUT2D eigenvalue weighted by Crippen LogP contribution is -2.32. The molecule has 0 saturated carbocycles. The van der Waals surface area contributed by atoms with Gasteiger partial charge in [-0.3, -0.25) is 4.79 Å². The summed E-state index contributed by atoms with van der Waals surface area (Å²) in [5.74, 6) is -2.99. The van der Waals surface area contributed by atoms with Crippen molar-refractivity contribution in [3.05, 3.63) is 65.2 Å². The lowest BCUT2D eigenvalue weighted by atomic mass is 10.1. The first-order chi connectivity index (χ1) is 15.7. The van der Waals surface area contributed by atoms with Crippen molar-refractivity contribution in [3.8, 4) is 0 Å². The van der Waals surface area contributed by atoms with Gasteiger partial charge in [0.15, 0.2) is 6.61 Å². The molecular weight excluding hydrogens is 454 g/mol. The molecule has 2 aromatic rings. The van der Waals surface area contributed by atoms with Gasteiger partial charge in [0.1, 0.15) is 11.6 Å². The summed E-state index contributed by atoms with van der Waals surface area (Å²) in [6, 6.07) is 7.62. The summed E-state index contributed by atoms with van der Waals surface area (Å²) in [5.41, 5.74) is 0.188. The van der Waals surface area contributed by atoms with E-state index >= 15 is 0 Å². The van der Waals surface area contributed by atoms with E-state index in [4.69, 9.17) is 4.74 Å². The highest BCUT2D eigenvalue weighted by atomic mass is 32.2. The summed E-state index contributed by atoms with van der Waals surface area (Å²) < 4.78 is 58.9. The molecule has 0 radical (unpaired) electrons. The van der Waals surface area contributed by atoms with Crippen LogP contribution in [0.15, 0.2) is 47.4 Å². The molecule has 7 nitrogen and oxygen atoms in total. The van der Waals surface area contributed by atoms with Crippen LogP contribution < -0.4 is 5.32 Å². The van der Waals surface area contributed by atoms with Gasteiger partial charge in [-0.1, -0.05) is 18.9 Å². The summed E-state index contributed by atoms with van der Waals surface area (Å²) in [6.07, 6.45) is 3.64. The second kappa shape index (κ2) is 10.8. The summed E-state index contributed by atoms with van der Waals surface area (Å²) >= 11 is 0. The molecule has 1 aliphatic rings.